The summed E-state index contributed by atoms with van der Waals surface area (Å²) in [5.41, 5.74) is 1.32. The van der Waals surface area contributed by atoms with Crippen LogP contribution in [0.25, 0.3) is 0 Å². The summed E-state index contributed by atoms with van der Waals surface area (Å²) in [4.78, 5) is 23.2. The molecule has 0 spiro atoms. The molecule has 0 aromatic heterocycles. The Kier molecular flexibility index (Phi) is 4.20. The quantitative estimate of drug-likeness (QED) is 0.843. The third-order valence-electron chi connectivity index (χ3n) is 2.75. The summed E-state index contributed by atoms with van der Waals surface area (Å²) >= 11 is 3.21. The number of aromatic hydroxyl groups is 1. The monoisotopic (exact) mass is 333 g/mol. The Bertz CT molecular complexity index is 665. The number of benzene rings is 2. The molecule has 5 heteroatoms. The zero-order valence-corrected chi connectivity index (χ0v) is 12.3. The second-order valence-corrected chi connectivity index (χ2v) is 5.16. The zero-order valence-electron chi connectivity index (χ0n) is 10.7. The Morgan fingerprint density at radius 3 is 2.30 bits per heavy atom. The molecule has 0 saturated carbocycles. The number of ketones is 1. The fraction of sp³-hybridized carbons (Fsp3) is 0.0667. The minimum Gasteiger partial charge on any atom is -0.507 e. The van der Waals surface area contributed by atoms with E-state index >= 15 is 0 Å². The molecule has 0 aliphatic heterocycles. The van der Waals surface area contributed by atoms with Gasteiger partial charge in [0, 0.05) is 15.7 Å². The van der Waals surface area contributed by atoms with Crippen LogP contribution in [0.1, 0.15) is 27.6 Å². The van der Waals surface area contributed by atoms with E-state index in [1.807, 2.05) is 0 Å². The highest BCUT2D eigenvalue weighted by molar-refractivity contribution is 9.10. The van der Waals surface area contributed by atoms with Gasteiger partial charge in [-0.25, -0.2) is 0 Å². The van der Waals surface area contributed by atoms with Crippen LogP contribution < -0.4 is 5.32 Å². The van der Waals surface area contributed by atoms with Gasteiger partial charge in [-0.1, -0.05) is 15.9 Å². The van der Waals surface area contributed by atoms with Gasteiger partial charge in [0.25, 0.3) is 5.91 Å². The Labute approximate surface area is 124 Å². The van der Waals surface area contributed by atoms with E-state index in [0.717, 1.165) is 0 Å². The molecular formula is C15H12BrNO3. The van der Waals surface area contributed by atoms with Gasteiger partial charge in [0.2, 0.25) is 0 Å². The van der Waals surface area contributed by atoms with Crippen LogP contribution in [-0.2, 0) is 0 Å². The van der Waals surface area contributed by atoms with Crippen LogP contribution in [0.5, 0.6) is 5.75 Å². The van der Waals surface area contributed by atoms with E-state index in [1.54, 1.807) is 30.3 Å². The number of phenolic OH excluding ortho intramolecular Hbond substituents is 1. The van der Waals surface area contributed by atoms with Crippen molar-refractivity contribution in [2.24, 2.45) is 0 Å². The molecule has 0 aliphatic carbocycles. The standard InChI is InChI=1S/C15H12BrNO3/c1-9(18)10-2-5-12(6-3-10)17-15(20)13-7-4-11(16)8-14(13)19/h2-8,19H,1H3,(H,17,20). The normalized spacial score (nSPS) is 10.1. The highest BCUT2D eigenvalue weighted by atomic mass is 79.9. The second kappa shape index (κ2) is 5.88. The van der Waals surface area contributed by atoms with Gasteiger partial charge in [-0.15, -0.1) is 0 Å². The Morgan fingerprint density at radius 1 is 1.10 bits per heavy atom. The van der Waals surface area contributed by atoms with Crippen molar-refractivity contribution in [1.29, 1.82) is 0 Å². The van der Waals surface area contributed by atoms with Crippen LogP contribution in [-0.4, -0.2) is 16.8 Å². The summed E-state index contributed by atoms with van der Waals surface area (Å²) in [6.07, 6.45) is 0. The van der Waals surface area contributed by atoms with E-state index in [-0.39, 0.29) is 17.1 Å². The third kappa shape index (κ3) is 3.24. The van der Waals surface area contributed by atoms with Gasteiger partial charge in [0.15, 0.2) is 5.78 Å². The predicted molar refractivity (Wildman–Crippen MR) is 80.2 cm³/mol. The van der Waals surface area contributed by atoms with E-state index in [1.165, 1.54) is 19.1 Å². The van der Waals surface area contributed by atoms with Crippen LogP contribution in [0.15, 0.2) is 46.9 Å². The molecule has 0 saturated heterocycles. The summed E-state index contributed by atoms with van der Waals surface area (Å²) < 4.78 is 0.692. The molecular weight excluding hydrogens is 322 g/mol. The summed E-state index contributed by atoms with van der Waals surface area (Å²) in [6.45, 7) is 1.48. The van der Waals surface area contributed by atoms with E-state index in [0.29, 0.717) is 15.7 Å². The van der Waals surface area contributed by atoms with E-state index in [9.17, 15) is 14.7 Å². The van der Waals surface area contributed by atoms with Gasteiger partial charge in [0.1, 0.15) is 5.75 Å². The molecule has 0 unspecified atom stereocenters. The van der Waals surface area contributed by atoms with Crippen molar-refractivity contribution in [1.82, 2.24) is 0 Å². The summed E-state index contributed by atoms with van der Waals surface area (Å²) in [5, 5.41) is 12.4. The first-order valence-corrected chi connectivity index (χ1v) is 6.67. The molecule has 0 radical (unpaired) electrons. The van der Waals surface area contributed by atoms with Crippen molar-refractivity contribution in [3.05, 3.63) is 58.1 Å². The molecule has 102 valence electrons. The number of carbonyl (C=O) groups excluding carboxylic acids is 2. The number of carbonyl (C=O) groups is 2. The highest BCUT2D eigenvalue weighted by Gasteiger charge is 2.11. The van der Waals surface area contributed by atoms with Crippen LogP contribution >= 0.6 is 15.9 Å². The first-order chi connectivity index (χ1) is 9.47. The summed E-state index contributed by atoms with van der Waals surface area (Å²) in [5.74, 6) is -0.545. The van der Waals surface area contributed by atoms with Crippen molar-refractivity contribution >= 4 is 33.3 Å². The van der Waals surface area contributed by atoms with E-state index in [2.05, 4.69) is 21.2 Å². The molecule has 0 bridgehead atoms. The third-order valence-corrected chi connectivity index (χ3v) is 3.25. The van der Waals surface area contributed by atoms with Crippen molar-refractivity contribution in [2.45, 2.75) is 6.92 Å². The van der Waals surface area contributed by atoms with Gasteiger partial charge in [-0.3, -0.25) is 9.59 Å². The van der Waals surface area contributed by atoms with Gasteiger partial charge >= 0.3 is 0 Å². The molecule has 2 rings (SSSR count). The number of amides is 1. The molecule has 1 amide bonds. The van der Waals surface area contributed by atoms with Gasteiger partial charge in [-0.2, -0.15) is 0 Å². The minimum absolute atomic E-state index is 0.0339. The number of phenols is 1. The van der Waals surface area contributed by atoms with Crippen molar-refractivity contribution in [2.75, 3.05) is 5.32 Å². The fourth-order valence-electron chi connectivity index (χ4n) is 1.68. The number of halogens is 1. The van der Waals surface area contributed by atoms with E-state index < -0.39 is 5.91 Å². The Balaban J connectivity index is 2.17. The number of rotatable bonds is 3. The largest absolute Gasteiger partial charge is 0.507 e. The SMILES string of the molecule is CC(=O)c1ccc(NC(=O)c2ccc(Br)cc2O)cc1. The van der Waals surface area contributed by atoms with Crippen molar-refractivity contribution < 1.29 is 14.7 Å². The average molecular weight is 334 g/mol. The number of nitrogens with one attached hydrogen (secondary N) is 1. The maximum Gasteiger partial charge on any atom is 0.259 e. The average Bonchev–Trinajstić information content (AvgIpc) is 2.39. The zero-order chi connectivity index (χ0) is 14.7. The minimum atomic E-state index is -0.412. The molecule has 20 heavy (non-hydrogen) atoms. The number of anilines is 1. The van der Waals surface area contributed by atoms with Gasteiger partial charge in [0.05, 0.1) is 5.56 Å². The van der Waals surface area contributed by atoms with Crippen LogP contribution in [0, 0.1) is 0 Å². The number of Topliss-reactive ketones (excluding diaryl/α,β-unsaturated/α-hetero) is 1. The first kappa shape index (κ1) is 14.3. The summed E-state index contributed by atoms with van der Waals surface area (Å²) in [6, 6.07) is 11.2. The Morgan fingerprint density at radius 2 is 1.75 bits per heavy atom. The summed E-state index contributed by atoms with van der Waals surface area (Å²) in [7, 11) is 0. The second-order valence-electron chi connectivity index (χ2n) is 4.25. The predicted octanol–water partition coefficient (Wildman–Crippen LogP) is 3.61. The molecule has 2 N–H and O–H groups in total. The van der Waals surface area contributed by atoms with Crippen LogP contribution in [0.2, 0.25) is 0 Å². The fourth-order valence-corrected chi connectivity index (χ4v) is 2.03. The first-order valence-electron chi connectivity index (χ1n) is 5.88. The van der Waals surface area contributed by atoms with Crippen molar-refractivity contribution in [3.63, 3.8) is 0 Å². The van der Waals surface area contributed by atoms with Gasteiger partial charge < -0.3 is 10.4 Å². The molecule has 0 atom stereocenters. The lowest BCUT2D eigenvalue weighted by Crippen LogP contribution is -2.12. The highest BCUT2D eigenvalue weighted by Crippen LogP contribution is 2.23. The molecule has 0 heterocycles. The topological polar surface area (TPSA) is 66.4 Å². The maximum absolute atomic E-state index is 12.0. The molecule has 0 fully saturated rings. The lowest BCUT2D eigenvalue weighted by atomic mass is 10.1. The van der Waals surface area contributed by atoms with Crippen LogP contribution in [0.4, 0.5) is 5.69 Å². The molecule has 2 aromatic carbocycles. The number of hydrogen-bond acceptors (Lipinski definition) is 3. The lowest BCUT2D eigenvalue weighted by molar-refractivity contribution is 0.101. The van der Waals surface area contributed by atoms with Gasteiger partial charge in [-0.05, 0) is 49.4 Å². The molecule has 4 nitrogen and oxygen atoms in total. The van der Waals surface area contributed by atoms with E-state index in [4.69, 9.17) is 0 Å². The Hall–Kier alpha value is -2.14. The molecule has 0 aliphatic rings. The van der Waals surface area contributed by atoms with Crippen LogP contribution in [0.3, 0.4) is 0 Å². The van der Waals surface area contributed by atoms with Crippen molar-refractivity contribution in [3.8, 4) is 5.75 Å². The lowest BCUT2D eigenvalue weighted by Gasteiger charge is -2.07. The number of hydrogen-bond donors (Lipinski definition) is 2. The maximum atomic E-state index is 12.0. The smallest absolute Gasteiger partial charge is 0.259 e. The molecule has 2 aromatic rings.